The maximum atomic E-state index is 13.5. The third kappa shape index (κ3) is 7.33. The number of benzene rings is 1. The number of rotatable bonds is 11. The number of para-hydroxylation sites is 1. The van der Waals surface area contributed by atoms with Gasteiger partial charge in [0.15, 0.2) is 23.2 Å². The molecule has 1 saturated carbocycles. The molecule has 3 aromatic rings. The monoisotopic (exact) mass is 782 g/mol. The molecule has 2 saturated heterocycles. The van der Waals surface area contributed by atoms with Gasteiger partial charge < -0.3 is 35.6 Å². The molecule has 0 spiro atoms. The van der Waals surface area contributed by atoms with Crippen LogP contribution in [-0.2, 0) is 48.3 Å². The van der Waals surface area contributed by atoms with Gasteiger partial charge in [-0.15, -0.1) is 23.1 Å². The number of carboxylic acid groups (broad SMARTS) is 1. The summed E-state index contributed by atoms with van der Waals surface area (Å²) in [5.41, 5.74) is 9.31. The number of nitrogen functional groups attached to an aromatic ring is 1. The van der Waals surface area contributed by atoms with Gasteiger partial charge in [0.05, 0.1) is 11.7 Å². The van der Waals surface area contributed by atoms with Gasteiger partial charge in [0.1, 0.15) is 23.2 Å². The minimum Gasteiger partial charge on any atom is -0.543 e. The van der Waals surface area contributed by atoms with E-state index < -0.39 is 29.2 Å². The highest BCUT2D eigenvalue weighted by molar-refractivity contribution is 8.00. The van der Waals surface area contributed by atoms with Gasteiger partial charge in [-0.2, -0.15) is 4.57 Å². The number of thioether (sulfide) groups is 1. The van der Waals surface area contributed by atoms with Gasteiger partial charge in [-0.3, -0.25) is 24.1 Å². The normalized spacial score (nSPS) is 21.9. The highest BCUT2D eigenvalue weighted by Gasteiger charge is 2.53. The maximum Gasteiger partial charge on any atom is 0.292 e. The number of fused-ring (bicyclic) bond motifs is 2. The smallest absolute Gasteiger partial charge is 0.292 e. The molecule has 4 amide bonds. The van der Waals surface area contributed by atoms with Crippen molar-refractivity contribution in [3.8, 4) is 0 Å². The van der Waals surface area contributed by atoms with Crippen molar-refractivity contribution in [1.29, 1.82) is 0 Å². The van der Waals surface area contributed by atoms with Crippen molar-refractivity contribution in [1.82, 2.24) is 20.1 Å². The Kier molecular flexibility index (Phi) is 10.1. The first-order valence-electron chi connectivity index (χ1n) is 18.2. The van der Waals surface area contributed by atoms with Crippen LogP contribution in [0, 0.1) is 0 Å². The topological polar surface area (TPSA) is 195 Å². The van der Waals surface area contributed by atoms with Gasteiger partial charge >= 0.3 is 0 Å². The summed E-state index contributed by atoms with van der Waals surface area (Å²) in [5.74, 6) is -2.91. The quantitative estimate of drug-likeness (QED) is 0.0933. The van der Waals surface area contributed by atoms with Gasteiger partial charge in [-0.25, -0.2) is 4.98 Å². The number of anilines is 2. The molecule has 1 aliphatic carbocycles. The number of aliphatic carboxylic acids is 1. The van der Waals surface area contributed by atoms with Gasteiger partial charge in [-0.05, 0) is 67.4 Å². The largest absolute Gasteiger partial charge is 0.543 e. The van der Waals surface area contributed by atoms with Crippen molar-refractivity contribution in [3.05, 3.63) is 93.9 Å². The molecular formula is C38H38N8O7S2. The van der Waals surface area contributed by atoms with E-state index in [4.69, 9.17) is 10.6 Å². The summed E-state index contributed by atoms with van der Waals surface area (Å²) in [7, 11) is 0. The Hall–Kier alpha value is -5.55. The first kappa shape index (κ1) is 36.4. The second-order valence-electron chi connectivity index (χ2n) is 14.0. The summed E-state index contributed by atoms with van der Waals surface area (Å²) >= 11 is 2.41. The molecule has 8 rings (SSSR count). The highest BCUT2D eigenvalue weighted by atomic mass is 32.2. The van der Waals surface area contributed by atoms with E-state index in [9.17, 15) is 29.1 Å². The number of hydrogen-bond acceptors (Lipinski definition) is 12. The number of β-lactam (4-membered cyclic amide) rings is 1. The number of nitrogens with two attached hydrogens (primary N) is 1. The van der Waals surface area contributed by atoms with Crippen LogP contribution >= 0.6 is 23.1 Å². The fourth-order valence-electron chi connectivity index (χ4n) is 7.59. The van der Waals surface area contributed by atoms with E-state index in [2.05, 4.69) is 15.5 Å². The molecule has 284 valence electrons. The SMILES string of the molecule is Nc1nc(/C(=N/OC2CCCC2)C(=O)N[C@@H]2C(=O)N3C(C(=O)[O-])=C(/C=C4\CCN(Cc5cc[n+](CC(=O)N6CCc7ccccc76)cc5)C4=O)CS[C@H]23)cs1. The minimum atomic E-state index is -1.55. The fourth-order valence-corrected chi connectivity index (χ4v) is 9.45. The lowest BCUT2D eigenvalue weighted by atomic mass is 10.0. The van der Waals surface area contributed by atoms with Crippen LogP contribution in [0.5, 0.6) is 0 Å². The Bertz CT molecular complexity index is 2160. The van der Waals surface area contributed by atoms with Crippen molar-refractivity contribution in [2.75, 3.05) is 29.5 Å². The standard InChI is InChI=1S/C38H38N8O7S2/c39-38-40-27(21-55-38)30(42-53-26-6-2-3-7-26)33(48)41-31-35(50)46-32(37(51)52)25(20-54-36(31)46)17-24-11-15-44(34(24)49)18-22-9-13-43(14-10-22)19-29(47)45-16-12-23-5-1-4-8-28(23)45/h1,4-5,8-10,13-14,17,21,26,31,36H,2-3,6-7,11-12,15-16,18-20H2,(H3-,39,40,41,48,51,52)/b24-17+,42-30-/t31-,36-/m1/s1. The van der Waals surface area contributed by atoms with Crippen molar-refractivity contribution < 1.29 is 38.5 Å². The van der Waals surface area contributed by atoms with Crippen LogP contribution in [-0.4, -0.2) is 86.5 Å². The van der Waals surface area contributed by atoms with Crippen molar-refractivity contribution >= 4 is 69.2 Å². The van der Waals surface area contributed by atoms with Crippen molar-refractivity contribution in [2.45, 2.75) is 69.1 Å². The number of likely N-dealkylation sites (tertiary alicyclic amines) is 1. The summed E-state index contributed by atoms with van der Waals surface area (Å²) in [6, 6.07) is 10.7. The molecular weight excluding hydrogens is 745 g/mol. The zero-order chi connectivity index (χ0) is 38.2. The third-order valence-corrected chi connectivity index (χ3v) is 12.4. The lowest BCUT2D eigenvalue weighted by Gasteiger charge is -2.50. The van der Waals surface area contributed by atoms with Crippen molar-refractivity contribution in [2.24, 2.45) is 5.16 Å². The summed E-state index contributed by atoms with van der Waals surface area (Å²) in [5, 5.41) is 20.4. The van der Waals surface area contributed by atoms with Gasteiger partial charge in [-0.1, -0.05) is 23.4 Å². The van der Waals surface area contributed by atoms with E-state index in [0.29, 0.717) is 37.2 Å². The fraction of sp³-hybridized carbons (Fsp3) is 0.368. The Labute approximate surface area is 324 Å². The Morgan fingerprint density at radius 3 is 2.62 bits per heavy atom. The molecule has 15 nitrogen and oxygen atoms in total. The van der Waals surface area contributed by atoms with Crippen LogP contribution in [0.25, 0.3) is 0 Å². The number of thiazole rings is 1. The van der Waals surface area contributed by atoms with E-state index in [1.807, 2.05) is 58.3 Å². The molecule has 0 radical (unpaired) electrons. The molecule has 3 N–H and O–H groups in total. The number of pyridine rings is 1. The van der Waals surface area contributed by atoms with Gasteiger partial charge in [0.2, 0.25) is 12.5 Å². The van der Waals surface area contributed by atoms with E-state index in [1.165, 1.54) is 17.3 Å². The molecule has 2 aromatic heterocycles. The lowest BCUT2D eigenvalue weighted by Crippen LogP contribution is -2.71. The molecule has 2 atom stereocenters. The Balaban J connectivity index is 0.904. The number of allylic oxidation sites excluding steroid dienone is 1. The molecule has 0 unspecified atom stereocenters. The number of carbonyl (C=O) groups is 5. The second kappa shape index (κ2) is 15.3. The number of oxime groups is 1. The third-order valence-electron chi connectivity index (χ3n) is 10.5. The minimum absolute atomic E-state index is 0.00549. The number of nitrogens with zero attached hydrogens (tertiary/aromatic N) is 6. The molecule has 6 heterocycles. The van der Waals surface area contributed by atoms with E-state index in [-0.39, 0.29) is 52.5 Å². The predicted molar refractivity (Wildman–Crippen MR) is 201 cm³/mol. The van der Waals surface area contributed by atoms with E-state index >= 15 is 0 Å². The highest BCUT2D eigenvalue weighted by Crippen LogP contribution is 2.41. The summed E-state index contributed by atoms with van der Waals surface area (Å²) in [6.07, 6.45) is 9.96. The maximum absolute atomic E-state index is 13.5. The molecule has 4 aliphatic heterocycles. The number of carboxylic acids is 1. The van der Waals surface area contributed by atoms with E-state index in [1.54, 1.807) is 16.4 Å². The first-order valence-corrected chi connectivity index (χ1v) is 20.1. The number of aromatic nitrogens is 2. The predicted octanol–water partition coefficient (Wildman–Crippen LogP) is 1.03. The molecule has 5 aliphatic rings. The summed E-state index contributed by atoms with van der Waals surface area (Å²) in [4.78, 5) is 80.3. The molecule has 1 aromatic carbocycles. The Morgan fingerprint density at radius 1 is 1.09 bits per heavy atom. The first-order chi connectivity index (χ1) is 26.6. The zero-order valence-corrected chi connectivity index (χ0v) is 31.4. The number of carbonyl (C=O) groups excluding carboxylic acids is 5. The van der Waals surface area contributed by atoms with Gasteiger partial charge in [0.25, 0.3) is 17.7 Å². The number of nitrogens with one attached hydrogen (secondary N) is 1. The van der Waals surface area contributed by atoms with Gasteiger partial charge in [0, 0.05) is 54.2 Å². The lowest BCUT2D eigenvalue weighted by molar-refractivity contribution is -0.684. The van der Waals surface area contributed by atoms with Crippen LogP contribution in [0.4, 0.5) is 10.8 Å². The number of hydrogen-bond donors (Lipinski definition) is 2. The average Bonchev–Trinajstić information content (AvgIpc) is 4.01. The molecule has 0 bridgehead atoms. The second-order valence-corrected chi connectivity index (χ2v) is 16.0. The van der Waals surface area contributed by atoms with Crippen LogP contribution in [0.3, 0.4) is 0 Å². The van der Waals surface area contributed by atoms with Crippen LogP contribution in [0.15, 0.2) is 82.2 Å². The summed E-state index contributed by atoms with van der Waals surface area (Å²) < 4.78 is 1.81. The van der Waals surface area contributed by atoms with Crippen LogP contribution < -0.4 is 25.6 Å². The Morgan fingerprint density at radius 2 is 1.87 bits per heavy atom. The van der Waals surface area contributed by atoms with Crippen LogP contribution in [0.1, 0.15) is 48.9 Å². The van der Waals surface area contributed by atoms with Crippen molar-refractivity contribution in [3.63, 3.8) is 0 Å². The molecule has 55 heavy (non-hydrogen) atoms. The molecule has 3 fully saturated rings. The molecule has 17 heteroatoms. The summed E-state index contributed by atoms with van der Waals surface area (Å²) in [6.45, 7) is 1.63. The average molecular weight is 783 g/mol. The number of amides is 4. The van der Waals surface area contributed by atoms with E-state index in [0.717, 1.165) is 59.6 Å². The van der Waals surface area contributed by atoms with Crippen LogP contribution in [0.2, 0.25) is 0 Å². The zero-order valence-electron chi connectivity index (χ0n) is 29.7.